The molecule has 0 aliphatic carbocycles. The zero-order chi connectivity index (χ0) is 14.3. The van der Waals surface area contributed by atoms with Crippen molar-refractivity contribution in [2.24, 2.45) is 5.73 Å². The number of benzene rings is 1. The SMILES string of the molecule is CC(C)(C)OCCOC(=O)c1ccccc1CCN. The van der Waals surface area contributed by atoms with Gasteiger partial charge in [-0.3, -0.25) is 0 Å². The van der Waals surface area contributed by atoms with E-state index >= 15 is 0 Å². The van der Waals surface area contributed by atoms with Crippen LogP contribution in [-0.2, 0) is 15.9 Å². The van der Waals surface area contributed by atoms with E-state index in [9.17, 15) is 4.79 Å². The van der Waals surface area contributed by atoms with E-state index in [2.05, 4.69) is 0 Å². The van der Waals surface area contributed by atoms with Gasteiger partial charge in [-0.25, -0.2) is 4.79 Å². The van der Waals surface area contributed by atoms with Crippen LogP contribution in [0.1, 0.15) is 36.7 Å². The second-order valence-corrected chi connectivity index (χ2v) is 5.29. The molecule has 0 saturated heterocycles. The van der Waals surface area contributed by atoms with Crippen LogP contribution in [0.15, 0.2) is 24.3 Å². The zero-order valence-corrected chi connectivity index (χ0v) is 11.9. The van der Waals surface area contributed by atoms with Crippen molar-refractivity contribution < 1.29 is 14.3 Å². The van der Waals surface area contributed by atoms with Crippen molar-refractivity contribution in [1.29, 1.82) is 0 Å². The lowest BCUT2D eigenvalue weighted by Crippen LogP contribution is -2.23. The zero-order valence-electron chi connectivity index (χ0n) is 11.9. The molecular formula is C15H23NO3. The maximum Gasteiger partial charge on any atom is 0.338 e. The summed E-state index contributed by atoms with van der Waals surface area (Å²) in [7, 11) is 0. The van der Waals surface area contributed by atoms with Gasteiger partial charge in [0.2, 0.25) is 0 Å². The second-order valence-electron chi connectivity index (χ2n) is 5.29. The highest BCUT2D eigenvalue weighted by atomic mass is 16.6. The van der Waals surface area contributed by atoms with Crippen LogP contribution >= 0.6 is 0 Å². The average molecular weight is 265 g/mol. The summed E-state index contributed by atoms with van der Waals surface area (Å²) in [5, 5.41) is 0. The third-order valence-electron chi connectivity index (χ3n) is 2.50. The number of nitrogens with two attached hydrogens (primary N) is 1. The summed E-state index contributed by atoms with van der Waals surface area (Å²) in [4.78, 5) is 11.9. The first-order valence-corrected chi connectivity index (χ1v) is 6.53. The highest BCUT2D eigenvalue weighted by Crippen LogP contribution is 2.11. The molecule has 0 amide bonds. The van der Waals surface area contributed by atoms with Crippen LogP contribution in [0.4, 0.5) is 0 Å². The normalized spacial score (nSPS) is 11.4. The van der Waals surface area contributed by atoms with Crippen molar-refractivity contribution in [3.63, 3.8) is 0 Å². The largest absolute Gasteiger partial charge is 0.460 e. The molecule has 4 heteroatoms. The summed E-state index contributed by atoms with van der Waals surface area (Å²) in [6, 6.07) is 7.37. The van der Waals surface area contributed by atoms with E-state index in [1.165, 1.54) is 0 Å². The first-order valence-electron chi connectivity index (χ1n) is 6.53. The van der Waals surface area contributed by atoms with Crippen LogP contribution in [0.3, 0.4) is 0 Å². The van der Waals surface area contributed by atoms with E-state index < -0.39 is 0 Å². The van der Waals surface area contributed by atoms with Crippen molar-refractivity contribution in [2.75, 3.05) is 19.8 Å². The molecule has 0 aliphatic rings. The van der Waals surface area contributed by atoms with Crippen LogP contribution < -0.4 is 5.73 Å². The van der Waals surface area contributed by atoms with E-state index in [4.69, 9.17) is 15.2 Å². The molecule has 0 atom stereocenters. The first kappa shape index (κ1) is 15.7. The Kier molecular flexibility index (Phi) is 5.99. The Balaban J connectivity index is 2.49. The van der Waals surface area contributed by atoms with Crippen molar-refractivity contribution in [3.8, 4) is 0 Å². The maximum atomic E-state index is 11.9. The topological polar surface area (TPSA) is 61.5 Å². The van der Waals surface area contributed by atoms with Crippen LogP contribution in [0, 0.1) is 0 Å². The highest BCUT2D eigenvalue weighted by Gasteiger charge is 2.13. The number of carbonyl (C=O) groups is 1. The highest BCUT2D eigenvalue weighted by molar-refractivity contribution is 5.91. The molecule has 106 valence electrons. The minimum Gasteiger partial charge on any atom is -0.460 e. The van der Waals surface area contributed by atoms with E-state index in [0.29, 0.717) is 25.1 Å². The summed E-state index contributed by atoms with van der Waals surface area (Å²) < 4.78 is 10.7. The summed E-state index contributed by atoms with van der Waals surface area (Å²) in [5.41, 5.74) is 6.82. The Morgan fingerprint density at radius 1 is 1.21 bits per heavy atom. The number of esters is 1. The Bertz CT molecular complexity index is 410. The van der Waals surface area contributed by atoms with E-state index in [1.807, 2.05) is 39.0 Å². The molecule has 0 aromatic heterocycles. The molecule has 1 aromatic rings. The molecule has 0 radical (unpaired) electrons. The Labute approximate surface area is 114 Å². The standard InChI is InChI=1S/C15H23NO3/c1-15(2,3)19-11-10-18-14(17)13-7-5-4-6-12(13)8-9-16/h4-7H,8-11,16H2,1-3H3. The number of carbonyl (C=O) groups excluding carboxylic acids is 1. The van der Waals surface area contributed by atoms with Crippen LogP contribution in [0.25, 0.3) is 0 Å². The number of hydrogen-bond acceptors (Lipinski definition) is 4. The molecule has 0 fully saturated rings. The monoisotopic (exact) mass is 265 g/mol. The van der Waals surface area contributed by atoms with Crippen LogP contribution in [0.2, 0.25) is 0 Å². The maximum absolute atomic E-state index is 11.9. The third kappa shape index (κ3) is 5.85. The van der Waals surface area contributed by atoms with Crippen molar-refractivity contribution in [1.82, 2.24) is 0 Å². The second kappa shape index (κ2) is 7.26. The van der Waals surface area contributed by atoms with Crippen LogP contribution in [-0.4, -0.2) is 31.3 Å². The van der Waals surface area contributed by atoms with Gasteiger partial charge >= 0.3 is 5.97 Å². The van der Waals surface area contributed by atoms with Gasteiger partial charge in [-0.1, -0.05) is 18.2 Å². The fourth-order valence-electron chi connectivity index (χ4n) is 1.65. The van der Waals surface area contributed by atoms with E-state index in [0.717, 1.165) is 5.56 Å². The predicted octanol–water partition coefficient (Wildman–Crippen LogP) is 2.16. The van der Waals surface area contributed by atoms with Gasteiger partial charge in [0, 0.05) is 0 Å². The molecule has 19 heavy (non-hydrogen) atoms. The van der Waals surface area contributed by atoms with E-state index in [-0.39, 0.29) is 18.2 Å². The Morgan fingerprint density at radius 2 is 1.89 bits per heavy atom. The minimum atomic E-state index is -0.318. The first-order chi connectivity index (χ1) is 8.94. The summed E-state index contributed by atoms with van der Waals surface area (Å²) in [5.74, 6) is -0.318. The summed E-state index contributed by atoms with van der Waals surface area (Å²) >= 11 is 0. The molecule has 0 heterocycles. The van der Waals surface area contributed by atoms with Gasteiger partial charge < -0.3 is 15.2 Å². The lowest BCUT2D eigenvalue weighted by atomic mass is 10.1. The van der Waals surface area contributed by atoms with Gasteiger partial charge in [0.15, 0.2) is 0 Å². The number of ether oxygens (including phenoxy) is 2. The average Bonchev–Trinajstić information content (AvgIpc) is 2.34. The van der Waals surface area contributed by atoms with Crippen molar-refractivity contribution in [2.45, 2.75) is 32.8 Å². The molecule has 1 aromatic carbocycles. The molecule has 2 N–H and O–H groups in total. The quantitative estimate of drug-likeness (QED) is 0.632. The molecule has 0 unspecified atom stereocenters. The van der Waals surface area contributed by atoms with E-state index in [1.54, 1.807) is 6.07 Å². The van der Waals surface area contributed by atoms with Crippen LogP contribution in [0.5, 0.6) is 0 Å². The summed E-state index contributed by atoms with van der Waals surface area (Å²) in [6.07, 6.45) is 0.670. The van der Waals surface area contributed by atoms with Crippen molar-refractivity contribution in [3.05, 3.63) is 35.4 Å². The molecule has 0 bridgehead atoms. The van der Waals surface area contributed by atoms with Gasteiger partial charge in [0.1, 0.15) is 6.61 Å². The molecule has 4 nitrogen and oxygen atoms in total. The fraction of sp³-hybridized carbons (Fsp3) is 0.533. The number of rotatable bonds is 6. The lowest BCUT2D eigenvalue weighted by molar-refractivity contribution is -0.0281. The van der Waals surface area contributed by atoms with Gasteiger partial charge in [-0.15, -0.1) is 0 Å². The third-order valence-corrected chi connectivity index (χ3v) is 2.50. The molecule has 0 spiro atoms. The Hall–Kier alpha value is -1.39. The molecular weight excluding hydrogens is 242 g/mol. The number of hydrogen-bond donors (Lipinski definition) is 1. The van der Waals surface area contributed by atoms with Gasteiger partial charge in [-0.05, 0) is 45.4 Å². The lowest BCUT2D eigenvalue weighted by Gasteiger charge is -2.19. The Morgan fingerprint density at radius 3 is 2.53 bits per heavy atom. The predicted molar refractivity (Wildman–Crippen MR) is 75.2 cm³/mol. The molecule has 1 rings (SSSR count). The minimum absolute atomic E-state index is 0.218. The fourth-order valence-corrected chi connectivity index (χ4v) is 1.65. The summed E-state index contributed by atoms with van der Waals surface area (Å²) in [6.45, 7) is 7.06. The van der Waals surface area contributed by atoms with Gasteiger partial charge in [-0.2, -0.15) is 0 Å². The molecule has 0 saturated carbocycles. The van der Waals surface area contributed by atoms with Crippen molar-refractivity contribution >= 4 is 5.97 Å². The smallest absolute Gasteiger partial charge is 0.338 e. The van der Waals surface area contributed by atoms with Gasteiger partial charge in [0.25, 0.3) is 0 Å². The molecule has 0 aliphatic heterocycles. The van der Waals surface area contributed by atoms with Gasteiger partial charge in [0.05, 0.1) is 17.8 Å².